The highest BCUT2D eigenvalue weighted by Crippen LogP contribution is 2.28. The Morgan fingerprint density at radius 2 is 1.89 bits per heavy atom. The van der Waals surface area contributed by atoms with E-state index in [2.05, 4.69) is 36.3 Å². The molecule has 0 aliphatic carbocycles. The van der Waals surface area contributed by atoms with Gasteiger partial charge < -0.3 is 10.1 Å². The summed E-state index contributed by atoms with van der Waals surface area (Å²) in [6.45, 7) is 4.16. The maximum atomic E-state index is 5.18. The van der Waals surface area contributed by atoms with Gasteiger partial charge in [-0.15, -0.1) is 11.3 Å². The predicted molar refractivity (Wildman–Crippen MR) is 75.5 cm³/mol. The monoisotopic (exact) mass is 262 g/mol. The van der Waals surface area contributed by atoms with Gasteiger partial charge >= 0.3 is 0 Å². The molecule has 0 radical (unpaired) electrons. The van der Waals surface area contributed by atoms with Crippen LogP contribution in [-0.4, -0.2) is 19.1 Å². The highest BCUT2D eigenvalue weighted by molar-refractivity contribution is 7.11. The molecule has 18 heavy (non-hydrogen) atoms. The second-order valence-corrected chi connectivity index (χ2v) is 5.42. The van der Waals surface area contributed by atoms with Crippen molar-refractivity contribution in [3.05, 3.63) is 45.4 Å². The Labute approximate surface area is 112 Å². The van der Waals surface area contributed by atoms with E-state index in [4.69, 9.17) is 4.74 Å². The molecule has 0 amide bonds. The molecule has 0 spiro atoms. The summed E-state index contributed by atoms with van der Waals surface area (Å²) in [5, 5.41) is 4.43. The Kier molecular flexibility index (Phi) is 3.99. The molecule has 1 aromatic carbocycles. The molecule has 2 aromatic rings. The van der Waals surface area contributed by atoms with Gasteiger partial charge in [0.1, 0.15) is 10.8 Å². The summed E-state index contributed by atoms with van der Waals surface area (Å²) in [7, 11) is 3.64. The lowest BCUT2D eigenvalue weighted by molar-refractivity contribution is 0.414. The number of aromatic nitrogens is 1. The minimum Gasteiger partial charge on any atom is -0.497 e. The second kappa shape index (κ2) is 5.50. The molecular weight excluding hydrogens is 244 g/mol. The predicted octanol–water partition coefficient (Wildman–Crippen LogP) is 3.08. The van der Waals surface area contributed by atoms with Gasteiger partial charge in [0.05, 0.1) is 18.8 Å². The van der Waals surface area contributed by atoms with Crippen LogP contribution in [0.15, 0.2) is 24.3 Å². The van der Waals surface area contributed by atoms with Gasteiger partial charge in [0.15, 0.2) is 0 Å². The van der Waals surface area contributed by atoms with Crippen molar-refractivity contribution in [2.45, 2.75) is 19.9 Å². The molecule has 4 heteroatoms. The number of hydrogen-bond acceptors (Lipinski definition) is 4. The first-order chi connectivity index (χ1) is 8.65. The van der Waals surface area contributed by atoms with Crippen molar-refractivity contribution in [1.82, 2.24) is 10.3 Å². The van der Waals surface area contributed by atoms with Crippen LogP contribution in [0.4, 0.5) is 0 Å². The SMILES string of the molecule is CNC(c1ccc(OC)cc1)c1nc(C)c(C)s1. The maximum Gasteiger partial charge on any atom is 0.118 e. The third-order valence-electron chi connectivity index (χ3n) is 3.03. The fraction of sp³-hybridized carbons (Fsp3) is 0.357. The number of rotatable bonds is 4. The lowest BCUT2D eigenvalue weighted by Crippen LogP contribution is -2.17. The van der Waals surface area contributed by atoms with Crippen molar-refractivity contribution in [3.63, 3.8) is 0 Å². The standard InChI is InChI=1S/C14H18N2OS/c1-9-10(2)18-14(16-9)13(15-3)11-5-7-12(17-4)8-6-11/h5-8,13,15H,1-4H3. The van der Waals surface area contributed by atoms with Gasteiger partial charge in [-0.3, -0.25) is 0 Å². The van der Waals surface area contributed by atoms with Gasteiger partial charge in [0, 0.05) is 4.88 Å². The molecule has 0 aliphatic heterocycles. The van der Waals surface area contributed by atoms with Gasteiger partial charge in [0.25, 0.3) is 0 Å². The van der Waals surface area contributed by atoms with Crippen LogP contribution >= 0.6 is 11.3 Å². The molecule has 1 aromatic heterocycles. The third kappa shape index (κ3) is 2.54. The lowest BCUT2D eigenvalue weighted by atomic mass is 10.1. The number of methoxy groups -OCH3 is 1. The van der Waals surface area contributed by atoms with Crippen LogP contribution in [0.3, 0.4) is 0 Å². The Morgan fingerprint density at radius 1 is 1.22 bits per heavy atom. The minimum atomic E-state index is 0.147. The summed E-state index contributed by atoms with van der Waals surface area (Å²) in [6.07, 6.45) is 0. The molecule has 2 rings (SSSR count). The molecule has 0 aliphatic rings. The van der Waals surface area contributed by atoms with Crippen LogP contribution in [0, 0.1) is 13.8 Å². The molecule has 3 nitrogen and oxygen atoms in total. The number of nitrogens with zero attached hydrogens (tertiary/aromatic N) is 1. The molecule has 1 atom stereocenters. The molecule has 1 unspecified atom stereocenters. The number of ether oxygens (including phenoxy) is 1. The van der Waals surface area contributed by atoms with Crippen LogP contribution in [0.5, 0.6) is 5.75 Å². The van der Waals surface area contributed by atoms with E-state index in [1.165, 1.54) is 10.4 Å². The smallest absolute Gasteiger partial charge is 0.118 e. The van der Waals surface area contributed by atoms with E-state index in [1.54, 1.807) is 18.4 Å². The van der Waals surface area contributed by atoms with Crippen LogP contribution in [0.1, 0.15) is 27.2 Å². The molecule has 1 heterocycles. The first kappa shape index (κ1) is 13.1. The van der Waals surface area contributed by atoms with Gasteiger partial charge in [-0.05, 0) is 38.6 Å². The average Bonchev–Trinajstić information content (AvgIpc) is 2.71. The van der Waals surface area contributed by atoms with Gasteiger partial charge in [0.2, 0.25) is 0 Å². The van der Waals surface area contributed by atoms with Crippen LogP contribution in [0.2, 0.25) is 0 Å². The van der Waals surface area contributed by atoms with Gasteiger partial charge in [-0.1, -0.05) is 12.1 Å². The average molecular weight is 262 g/mol. The molecular formula is C14H18N2OS. The van der Waals surface area contributed by atoms with Crippen LogP contribution in [0.25, 0.3) is 0 Å². The van der Waals surface area contributed by atoms with E-state index in [-0.39, 0.29) is 6.04 Å². The first-order valence-corrected chi connectivity index (χ1v) is 6.72. The van der Waals surface area contributed by atoms with E-state index < -0.39 is 0 Å². The fourth-order valence-corrected chi connectivity index (χ4v) is 2.91. The summed E-state index contributed by atoms with van der Waals surface area (Å²) in [4.78, 5) is 5.90. The molecule has 0 saturated carbocycles. The second-order valence-electron chi connectivity index (χ2n) is 4.19. The molecule has 96 valence electrons. The van der Waals surface area contributed by atoms with E-state index in [0.29, 0.717) is 0 Å². The third-order valence-corrected chi connectivity index (χ3v) is 4.17. The van der Waals surface area contributed by atoms with Crippen molar-refractivity contribution >= 4 is 11.3 Å². The summed E-state index contributed by atoms with van der Waals surface area (Å²) in [5.74, 6) is 0.875. The lowest BCUT2D eigenvalue weighted by Gasteiger charge is -2.14. The van der Waals surface area contributed by atoms with Gasteiger partial charge in [-0.25, -0.2) is 4.98 Å². The highest BCUT2D eigenvalue weighted by Gasteiger charge is 2.16. The number of thiazole rings is 1. The van der Waals surface area contributed by atoms with E-state index in [1.807, 2.05) is 19.2 Å². The number of aryl methyl sites for hydroxylation is 2. The van der Waals surface area contributed by atoms with Crippen molar-refractivity contribution in [2.24, 2.45) is 0 Å². The molecule has 0 bridgehead atoms. The first-order valence-electron chi connectivity index (χ1n) is 5.91. The summed E-state index contributed by atoms with van der Waals surface area (Å²) in [5.41, 5.74) is 2.32. The van der Waals surface area contributed by atoms with Crippen LogP contribution < -0.4 is 10.1 Å². The van der Waals surface area contributed by atoms with E-state index in [9.17, 15) is 0 Å². The highest BCUT2D eigenvalue weighted by atomic mass is 32.1. The number of hydrogen-bond donors (Lipinski definition) is 1. The topological polar surface area (TPSA) is 34.1 Å². The minimum absolute atomic E-state index is 0.147. The molecule has 1 N–H and O–H groups in total. The fourth-order valence-electron chi connectivity index (χ4n) is 1.85. The summed E-state index contributed by atoms with van der Waals surface area (Å²) < 4.78 is 5.18. The molecule has 0 saturated heterocycles. The van der Waals surface area contributed by atoms with Crippen molar-refractivity contribution in [1.29, 1.82) is 0 Å². The van der Waals surface area contributed by atoms with Crippen molar-refractivity contribution < 1.29 is 4.74 Å². The van der Waals surface area contributed by atoms with E-state index >= 15 is 0 Å². The normalized spacial score (nSPS) is 12.4. The summed E-state index contributed by atoms with van der Waals surface area (Å²) >= 11 is 1.75. The van der Waals surface area contributed by atoms with Gasteiger partial charge in [-0.2, -0.15) is 0 Å². The largest absolute Gasteiger partial charge is 0.497 e. The zero-order valence-electron chi connectivity index (χ0n) is 11.2. The zero-order chi connectivity index (χ0) is 13.1. The van der Waals surface area contributed by atoms with E-state index in [0.717, 1.165) is 16.5 Å². The maximum absolute atomic E-state index is 5.18. The summed E-state index contributed by atoms with van der Waals surface area (Å²) in [6, 6.07) is 8.26. The zero-order valence-corrected chi connectivity index (χ0v) is 12.0. The Morgan fingerprint density at radius 3 is 2.33 bits per heavy atom. The number of benzene rings is 1. The Hall–Kier alpha value is -1.39. The van der Waals surface area contributed by atoms with Crippen molar-refractivity contribution in [2.75, 3.05) is 14.2 Å². The van der Waals surface area contributed by atoms with Crippen LogP contribution in [-0.2, 0) is 0 Å². The molecule has 0 fully saturated rings. The Balaban J connectivity index is 2.32. The quantitative estimate of drug-likeness (QED) is 0.919. The Bertz CT molecular complexity index is 500. The number of nitrogens with one attached hydrogen (secondary N) is 1. The van der Waals surface area contributed by atoms with Crippen molar-refractivity contribution in [3.8, 4) is 5.75 Å².